The molecule has 0 aromatic heterocycles. The third-order valence-corrected chi connectivity index (χ3v) is 6.82. The normalized spacial score (nSPS) is 29.9. The van der Waals surface area contributed by atoms with Crippen LogP contribution in [0.2, 0.25) is 0 Å². The lowest BCUT2D eigenvalue weighted by Gasteiger charge is -2.47. The Kier molecular flexibility index (Phi) is 8.30. The van der Waals surface area contributed by atoms with Crippen LogP contribution in [0.25, 0.3) is 0 Å². The minimum Gasteiger partial charge on any atom is -0.380 e. The monoisotopic (exact) mass is 393 g/mol. The van der Waals surface area contributed by atoms with Gasteiger partial charge in [-0.3, -0.25) is 19.4 Å². The molecule has 2 saturated heterocycles. The van der Waals surface area contributed by atoms with E-state index in [2.05, 4.69) is 16.7 Å². The Morgan fingerprint density at radius 1 is 1.25 bits per heavy atom. The van der Waals surface area contributed by atoms with Crippen molar-refractivity contribution in [3.8, 4) is 0 Å². The Morgan fingerprint density at radius 2 is 2.11 bits per heavy atom. The third-order valence-electron chi connectivity index (χ3n) is 6.82. The van der Waals surface area contributed by atoms with E-state index in [9.17, 15) is 9.59 Å². The number of amides is 1. The second-order valence-electron chi connectivity index (χ2n) is 9.03. The van der Waals surface area contributed by atoms with Crippen molar-refractivity contribution in [1.82, 2.24) is 14.7 Å². The van der Waals surface area contributed by atoms with Gasteiger partial charge in [-0.15, -0.1) is 0 Å². The summed E-state index contributed by atoms with van der Waals surface area (Å²) in [5.41, 5.74) is 0. The van der Waals surface area contributed by atoms with Crippen LogP contribution in [0.1, 0.15) is 51.9 Å². The van der Waals surface area contributed by atoms with Crippen molar-refractivity contribution in [3.63, 3.8) is 0 Å². The van der Waals surface area contributed by atoms with Crippen LogP contribution >= 0.6 is 0 Å². The third kappa shape index (κ3) is 6.01. The first-order valence-corrected chi connectivity index (χ1v) is 11.4. The van der Waals surface area contributed by atoms with Crippen molar-refractivity contribution in [2.75, 3.05) is 59.5 Å². The summed E-state index contributed by atoms with van der Waals surface area (Å²) in [6.45, 7) is 9.73. The lowest BCUT2D eigenvalue weighted by atomic mass is 9.73. The van der Waals surface area contributed by atoms with Crippen LogP contribution < -0.4 is 0 Å². The quantitative estimate of drug-likeness (QED) is 0.662. The molecule has 6 heteroatoms. The minimum atomic E-state index is 0.258. The van der Waals surface area contributed by atoms with Crippen molar-refractivity contribution >= 4 is 11.7 Å². The molecule has 1 saturated carbocycles. The first kappa shape index (κ1) is 21.7. The Balaban J connectivity index is 1.48. The fourth-order valence-corrected chi connectivity index (χ4v) is 5.30. The molecule has 0 radical (unpaired) electrons. The van der Waals surface area contributed by atoms with E-state index in [4.69, 9.17) is 4.74 Å². The summed E-state index contributed by atoms with van der Waals surface area (Å²) in [5, 5.41) is 0. The van der Waals surface area contributed by atoms with E-state index in [0.717, 1.165) is 91.0 Å². The van der Waals surface area contributed by atoms with Crippen LogP contribution in [0.3, 0.4) is 0 Å². The zero-order valence-electron chi connectivity index (χ0n) is 17.9. The number of ether oxygens (including phenoxy) is 1. The average Bonchev–Trinajstić information content (AvgIpc) is 2.94. The van der Waals surface area contributed by atoms with E-state index in [1.807, 2.05) is 11.9 Å². The Labute approximate surface area is 170 Å². The molecule has 160 valence electrons. The van der Waals surface area contributed by atoms with E-state index < -0.39 is 0 Å². The molecular formula is C22H39N3O3. The number of fused-ring (bicyclic) bond motifs is 1. The molecule has 3 aliphatic rings. The van der Waals surface area contributed by atoms with Gasteiger partial charge in [0, 0.05) is 71.7 Å². The maximum atomic E-state index is 12.8. The van der Waals surface area contributed by atoms with Gasteiger partial charge in [0.15, 0.2) is 0 Å². The van der Waals surface area contributed by atoms with Crippen LogP contribution in [-0.4, -0.2) is 92.0 Å². The number of carbonyl (C=O) groups is 2. The van der Waals surface area contributed by atoms with Crippen LogP contribution in [0.5, 0.6) is 0 Å². The van der Waals surface area contributed by atoms with Crippen LogP contribution in [-0.2, 0) is 14.3 Å². The highest BCUT2D eigenvalue weighted by Crippen LogP contribution is 2.37. The van der Waals surface area contributed by atoms with E-state index in [1.165, 1.54) is 0 Å². The highest BCUT2D eigenvalue weighted by atomic mass is 16.5. The molecule has 3 fully saturated rings. The highest BCUT2D eigenvalue weighted by Gasteiger charge is 2.39. The van der Waals surface area contributed by atoms with Gasteiger partial charge in [-0.2, -0.15) is 0 Å². The minimum absolute atomic E-state index is 0.258. The van der Waals surface area contributed by atoms with Gasteiger partial charge in [-0.25, -0.2) is 0 Å². The lowest BCUT2D eigenvalue weighted by molar-refractivity contribution is -0.132. The van der Waals surface area contributed by atoms with Crippen molar-refractivity contribution in [3.05, 3.63) is 0 Å². The molecule has 0 bridgehead atoms. The fraction of sp³-hybridized carbons (Fsp3) is 0.909. The zero-order chi connectivity index (χ0) is 19.9. The number of nitrogens with zero attached hydrogens (tertiary/aromatic N) is 3. The summed E-state index contributed by atoms with van der Waals surface area (Å²) >= 11 is 0. The summed E-state index contributed by atoms with van der Waals surface area (Å²) in [6.07, 6.45) is 6.36. The lowest BCUT2D eigenvalue weighted by Crippen LogP contribution is -2.52. The van der Waals surface area contributed by atoms with Gasteiger partial charge >= 0.3 is 0 Å². The van der Waals surface area contributed by atoms with Gasteiger partial charge in [0.1, 0.15) is 5.78 Å². The molecule has 1 amide bonds. The summed E-state index contributed by atoms with van der Waals surface area (Å²) in [7, 11) is 1.94. The van der Waals surface area contributed by atoms with Gasteiger partial charge in [0.25, 0.3) is 0 Å². The van der Waals surface area contributed by atoms with Crippen LogP contribution in [0.15, 0.2) is 0 Å². The first-order chi connectivity index (χ1) is 13.6. The van der Waals surface area contributed by atoms with E-state index in [1.54, 1.807) is 0 Å². The second-order valence-corrected chi connectivity index (χ2v) is 9.03. The number of rotatable bonds is 7. The van der Waals surface area contributed by atoms with Crippen molar-refractivity contribution < 1.29 is 14.3 Å². The molecule has 0 spiro atoms. The van der Waals surface area contributed by atoms with Crippen LogP contribution in [0, 0.1) is 11.8 Å². The van der Waals surface area contributed by atoms with Gasteiger partial charge in [-0.1, -0.05) is 6.92 Å². The first-order valence-electron chi connectivity index (χ1n) is 11.4. The van der Waals surface area contributed by atoms with Crippen LogP contribution in [0.4, 0.5) is 0 Å². The van der Waals surface area contributed by atoms with E-state index >= 15 is 0 Å². The number of likely N-dealkylation sites (N-methyl/N-ethyl adjacent to an activating group) is 1. The number of carbonyl (C=O) groups excluding carboxylic acids is 2. The molecule has 0 aromatic carbocycles. The highest BCUT2D eigenvalue weighted by molar-refractivity contribution is 5.79. The number of piperidine rings is 1. The molecule has 0 aromatic rings. The number of Topliss-reactive ketones (excluding diaryl/α,β-unsaturated/α-hetero) is 1. The molecule has 0 unspecified atom stereocenters. The van der Waals surface area contributed by atoms with Gasteiger partial charge < -0.3 is 9.64 Å². The molecule has 2 heterocycles. The maximum absolute atomic E-state index is 12.8. The van der Waals surface area contributed by atoms with Crippen molar-refractivity contribution in [2.45, 2.75) is 57.9 Å². The largest absolute Gasteiger partial charge is 0.380 e. The Hall–Kier alpha value is -0.980. The molecule has 3 atom stereocenters. The molecule has 28 heavy (non-hydrogen) atoms. The van der Waals surface area contributed by atoms with E-state index in [-0.39, 0.29) is 5.91 Å². The molecule has 0 N–H and O–H groups in total. The number of likely N-dealkylation sites (tertiary alicyclic amines) is 1. The average molecular weight is 394 g/mol. The standard InChI is InChI=1S/C22H39N3O3/c1-3-7-25-17-18(14-19-16-20(26)5-6-21(19)25)15-22(27)23(2)9-10-24-8-4-12-28-13-11-24/h18-19,21H,3-17H2,1-2H3/t18-,19-,21-/m1/s1. The molecule has 2 aliphatic heterocycles. The smallest absolute Gasteiger partial charge is 0.222 e. The van der Waals surface area contributed by atoms with Gasteiger partial charge in [0.2, 0.25) is 5.91 Å². The van der Waals surface area contributed by atoms with Gasteiger partial charge in [-0.05, 0) is 44.1 Å². The Bertz CT molecular complexity index is 519. The number of ketones is 1. The predicted molar refractivity (Wildman–Crippen MR) is 110 cm³/mol. The second kappa shape index (κ2) is 10.7. The Morgan fingerprint density at radius 3 is 2.93 bits per heavy atom. The fourth-order valence-electron chi connectivity index (χ4n) is 5.30. The summed E-state index contributed by atoms with van der Waals surface area (Å²) in [4.78, 5) is 31.7. The zero-order valence-corrected chi connectivity index (χ0v) is 17.9. The molecule has 1 aliphatic carbocycles. The summed E-state index contributed by atoms with van der Waals surface area (Å²) in [5.74, 6) is 1.53. The number of hydrogen-bond donors (Lipinski definition) is 0. The van der Waals surface area contributed by atoms with E-state index in [0.29, 0.717) is 30.1 Å². The number of hydrogen-bond acceptors (Lipinski definition) is 5. The summed E-state index contributed by atoms with van der Waals surface area (Å²) in [6, 6.07) is 0.562. The maximum Gasteiger partial charge on any atom is 0.222 e. The predicted octanol–water partition coefficient (Wildman–Crippen LogP) is 2.03. The van der Waals surface area contributed by atoms with Gasteiger partial charge in [0.05, 0.1) is 6.61 Å². The van der Waals surface area contributed by atoms with Crippen molar-refractivity contribution in [1.29, 1.82) is 0 Å². The molecule has 6 nitrogen and oxygen atoms in total. The topological polar surface area (TPSA) is 53.1 Å². The summed E-state index contributed by atoms with van der Waals surface area (Å²) < 4.78 is 5.51. The SMILES string of the molecule is CCCN1C[C@@H](CC(=O)N(C)CCN2CCCOCC2)C[C@@H]2CC(=O)CC[C@H]21. The molecule has 3 rings (SSSR count). The molecular weight excluding hydrogens is 354 g/mol. The van der Waals surface area contributed by atoms with Crippen molar-refractivity contribution in [2.24, 2.45) is 11.8 Å².